The number of nitrogens with zero attached hydrogens (tertiary/aromatic N) is 5. The molecule has 0 aromatic carbocycles. The molecule has 4 heterocycles. The molecule has 3 aromatic rings. The zero-order valence-corrected chi connectivity index (χ0v) is 18.0. The maximum atomic E-state index is 6.45. The van der Waals surface area contributed by atoms with Gasteiger partial charge in [-0.05, 0) is 24.8 Å². The van der Waals surface area contributed by atoms with E-state index in [2.05, 4.69) is 55.8 Å². The summed E-state index contributed by atoms with van der Waals surface area (Å²) in [6.07, 6.45) is 2.42. The molecule has 0 amide bonds. The van der Waals surface area contributed by atoms with Gasteiger partial charge in [-0.2, -0.15) is 15.1 Å². The first-order chi connectivity index (χ1) is 15.1. The molecule has 0 unspecified atom stereocenters. The lowest BCUT2D eigenvalue weighted by Gasteiger charge is -2.30. The van der Waals surface area contributed by atoms with E-state index < -0.39 is 0 Å². The van der Waals surface area contributed by atoms with Gasteiger partial charge in [-0.3, -0.25) is 5.10 Å². The molecular weight excluding hydrogens is 394 g/mol. The number of rotatable bonds is 7. The third-order valence-corrected chi connectivity index (χ3v) is 5.79. The molecule has 1 saturated heterocycles. The van der Waals surface area contributed by atoms with Gasteiger partial charge < -0.3 is 25.8 Å². The summed E-state index contributed by atoms with van der Waals surface area (Å²) >= 11 is 0. The van der Waals surface area contributed by atoms with Gasteiger partial charge >= 0.3 is 0 Å². The zero-order valence-electron chi connectivity index (χ0n) is 18.0. The molecule has 164 valence electrons. The Labute approximate surface area is 181 Å². The number of aromatic nitrogens is 5. The van der Waals surface area contributed by atoms with Crippen LogP contribution in [0.25, 0.3) is 11.3 Å². The van der Waals surface area contributed by atoms with Crippen LogP contribution in [0.15, 0.2) is 16.7 Å². The SMILES string of the molecule is CC(C)c1cc(CNc2nc(N)c(-c3cc(C4CC4)[nH]n3)c(N3CCNCC3)n2)on1. The van der Waals surface area contributed by atoms with E-state index in [0.29, 0.717) is 30.1 Å². The standard InChI is InChI=1S/C21H29N9O/c1-12(2)15-9-14(31-29-15)11-24-21-25-19(22)18(17-10-16(27-28-17)13-3-4-13)20(26-21)30-7-5-23-6-8-30/h9-10,12-13,23H,3-8,11H2,1-2H3,(H,27,28)(H3,22,24,25,26). The lowest BCUT2D eigenvalue weighted by Crippen LogP contribution is -2.44. The highest BCUT2D eigenvalue weighted by Crippen LogP contribution is 2.41. The fourth-order valence-corrected chi connectivity index (χ4v) is 3.81. The smallest absolute Gasteiger partial charge is 0.227 e. The fraction of sp³-hybridized carbons (Fsp3) is 0.524. The second-order valence-corrected chi connectivity index (χ2v) is 8.58. The molecule has 0 spiro atoms. The maximum Gasteiger partial charge on any atom is 0.227 e. The Hall–Kier alpha value is -3.14. The Morgan fingerprint density at radius 3 is 2.74 bits per heavy atom. The summed E-state index contributed by atoms with van der Waals surface area (Å²) < 4.78 is 5.42. The molecule has 0 radical (unpaired) electrons. The highest BCUT2D eigenvalue weighted by molar-refractivity contribution is 5.83. The lowest BCUT2D eigenvalue weighted by atomic mass is 10.1. The minimum Gasteiger partial charge on any atom is -0.383 e. The number of nitrogens with one attached hydrogen (secondary N) is 3. The molecule has 3 aromatic heterocycles. The first kappa shape index (κ1) is 19.8. The van der Waals surface area contributed by atoms with Crippen molar-refractivity contribution in [3.8, 4) is 11.3 Å². The van der Waals surface area contributed by atoms with Crippen LogP contribution in [-0.2, 0) is 6.54 Å². The molecule has 31 heavy (non-hydrogen) atoms. The average Bonchev–Trinajstić information content (AvgIpc) is 3.31. The second kappa shape index (κ2) is 8.18. The van der Waals surface area contributed by atoms with E-state index in [1.54, 1.807) is 0 Å². The molecule has 0 atom stereocenters. The predicted octanol–water partition coefficient (Wildman–Crippen LogP) is 2.46. The summed E-state index contributed by atoms with van der Waals surface area (Å²) in [6.45, 7) is 8.10. The normalized spacial score (nSPS) is 16.8. The van der Waals surface area contributed by atoms with E-state index in [-0.39, 0.29) is 0 Å². The van der Waals surface area contributed by atoms with Crippen LogP contribution in [0.5, 0.6) is 0 Å². The summed E-state index contributed by atoms with van der Waals surface area (Å²) in [5.74, 6) is 3.34. The van der Waals surface area contributed by atoms with E-state index in [1.165, 1.54) is 12.8 Å². The maximum absolute atomic E-state index is 6.45. The van der Waals surface area contributed by atoms with E-state index >= 15 is 0 Å². The molecule has 10 heteroatoms. The Bertz CT molecular complexity index is 1050. The number of aromatic amines is 1. The van der Waals surface area contributed by atoms with Crippen molar-refractivity contribution in [1.82, 2.24) is 30.6 Å². The van der Waals surface area contributed by atoms with Crippen molar-refractivity contribution in [2.45, 2.75) is 45.1 Å². The van der Waals surface area contributed by atoms with Crippen molar-refractivity contribution < 1.29 is 4.52 Å². The Morgan fingerprint density at radius 2 is 2.03 bits per heavy atom. The van der Waals surface area contributed by atoms with Gasteiger partial charge in [0.05, 0.1) is 23.5 Å². The van der Waals surface area contributed by atoms with Crippen LogP contribution in [-0.4, -0.2) is 51.5 Å². The van der Waals surface area contributed by atoms with E-state index in [4.69, 9.17) is 15.2 Å². The number of nitrogens with two attached hydrogens (primary N) is 1. The van der Waals surface area contributed by atoms with Crippen LogP contribution in [0.2, 0.25) is 0 Å². The largest absolute Gasteiger partial charge is 0.383 e. The molecule has 0 bridgehead atoms. The number of hydrogen-bond acceptors (Lipinski definition) is 9. The Balaban J connectivity index is 1.44. The molecule has 1 aliphatic heterocycles. The van der Waals surface area contributed by atoms with Crippen LogP contribution in [0.1, 0.15) is 55.7 Å². The molecular formula is C21H29N9O. The summed E-state index contributed by atoms with van der Waals surface area (Å²) in [7, 11) is 0. The highest BCUT2D eigenvalue weighted by Gasteiger charge is 2.28. The molecule has 1 aliphatic carbocycles. The van der Waals surface area contributed by atoms with E-state index in [1.807, 2.05) is 6.07 Å². The summed E-state index contributed by atoms with van der Waals surface area (Å²) in [6, 6.07) is 4.04. The Morgan fingerprint density at radius 1 is 1.23 bits per heavy atom. The molecule has 2 aliphatic rings. The minimum atomic E-state index is 0.317. The third-order valence-electron chi connectivity index (χ3n) is 5.79. The van der Waals surface area contributed by atoms with Gasteiger partial charge in [0.15, 0.2) is 5.76 Å². The number of H-pyrrole nitrogens is 1. The molecule has 2 fully saturated rings. The number of hydrogen-bond donors (Lipinski definition) is 4. The topological polar surface area (TPSA) is 134 Å². The minimum absolute atomic E-state index is 0.317. The fourth-order valence-electron chi connectivity index (χ4n) is 3.81. The van der Waals surface area contributed by atoms with Crippen LogP contribution in [0, 0.1) is 0 Å². The van der Waals surface area contributed by atoms with Gasteiger partial charge in [0, 0.05) is 43.9 Å². The van der Waals surface area contributed by atoms with Gasteiger partial charge in [-0.25, -0.2) is 0 Å². The van der Waals surface area contributed by atoms with Gasteiger partial charge in [-0.15, -0.1) is 0 Å². The second-order valence-electron chi connectivity index (χ2n) is 8.58. The number of nitrogen functional groups attached to an aromatic ring is 1. The van der Waals surface area contributed by atoms with Crippen LogP contribution < -0.4 is 21.3 Å². The quantitative estimate of drug-likeness (QED) is 0.452. The summed E-state index contributed by atoms with van der Waals surface area (Å²) in [5, 5.41) is 18.4. The zero-order chi connectivity index (χ0) is 21.4. The first-order valence-electron chi connectivity index (χ1n) is 11.0. The number of anilines is 3. The molecule has 5 N–H and O–H groups in total. The van der Waals surface area contributed by atoms with Crippen LogP contribution >= 0.6 is 0 Å². The molecule has 10 nitrogen and oxygen atoms in total. The van der Waals surface area contributed by atoms with Crippen LogP contribution in [0.4, 0.5) is 17.6 Å². The molecule has 5 rings (SSSR count). The van der Waals surface area contributed by atoms with Gasteiger partial charge in [0.25, 0.3) is 0 Å². The predicted molar refractivity (Wildman–Crippen MR) is 119 cm³/mol. The van der Waals surface area contributed by atoms with Crippen molar-refractivity contribution >= 4 is 17.6 Å². The van der Waals surface area contributed by atoms with Crippen molar-refractivity contribution in [1.29, 1.82) is 0 Å². The summed E-state index contributed by atoms with van der Waals surface area (Å²) in [5.41, 5.74) is 10.1. The number of piperazine rings is 1. The van der Waals surface area contributed by atoms with Gasteiger partial charge in [0.2, 0.25) is 5.95 Å². The third kappa shape index (κ3) is 4.20. The summed E-state index contributed by atoms with van der Waals surface area (Å²) in [4.78, 5) is 11.6. The average molecular weight is 424 g/mol. The van der Waals surface area contributed by atoms with E-state index in [0.717, 1.165) is 60.4 Å². The van der Waals surface area contributed by atoms with Crippen molar-refractivity contribution in [3.05, 3.63) is 29.3 Å². The van der Waals surface area contributed by atoms with Crippen LogP contribution in [0.3, 0.4) is 0 Å². The Kier molecular flexibility index (Phi) is 5.23. The van der Waals surface area contributed by atoms with Gasteiger partial charge in [-0.1, -0.05) is 19.0 Å². The van der Waals surface area contributed by atoms with E-state index in [9.17, 15) is 0 Å². The monoisotopic (exact) mass is 423 g/mol. The first-order valence-corrected chi connectivity index (χ1v) is 11.0. The van der Waals surface area contributed by atoms with Crippen molar-refractivity contribution in [2.75, 3.05) is 42.1 Å². The van der Waals surface area contributed by atoms with Gasteiger partial charge in [0.1, 0.15) is 11.6 Å². The van der Waals surface area contributed by atoms with Crippen molar-refractivity contribution in [3.63, 3.8) is 0 Å². The van der Waals surface area contributed by atoms with Crippen molar-refractivity contribution in [2.24, 2.45) is 0 Å². The highest BCUT2D eigenvalue weighted by atomic mass is 16.5. The molecule has 1 saturated carbocycles. The lowest BCUT2D eigenvalue weighted by molar-refractivity contribution is 0.379.